The lowest BCUT2D eigenvalue weighted by Crippen LogP contribution is -2.20. The minimum Gasteiger partial charge on any atom is -0.312 e. The molecule has 68 valence electrons. The normalized spacial score (nSPS) is 11.3. The first-order chi connectivity index (χ1) is 6.20. The van der Waals surface area contributed by atoms with Crippen LogP contribution in [0.1, 0.15) is 19.9 Å². The van der Waals surface area contributed by atoms with E-state index in [1.54, 1.807) is 17.0 Å². The van der Waals surface area contributed by atoms with E-state index in [9.17, 15) is 4.79 Å². The van der Waals surface area contributed by atoms with Gasteiger partial charge in [0.1, 0.15) is 0 Å². The molecular weight excluding hydrogens is 166 g/mol. The smallest absolute Gasteiger partial charge is 0.261 e. The van der Waals surface area contributed by atoms with Crippen molar-refractivity contribution >= 4 is 10.9 Å². The second-order valence-electron chi connectivity index (χ2n) is 3.32. The minimum absolute atomic E-state index is 0.0150. The van der Waals surface area contributed by atoms with E-state index in [-0.39, 0.29) is 11.6 Å². The lowest BCUT2D eigenvalue weighted by atomic mass is 10.3. The van der Waals surface area contributed by atoms with Crippen LogP contribution in [0.4, 0.5) is 0 Å². The van der Waals surface area contributed by atoms with Gasteiger partial charge >= 0.3 is 0 Å². The zero-order valence-electron chi connectivity index (χ0n) is 7.61. The van der Waals surface area contributed by atoms with Gasteiger partial charge < -0.3 is 4.57 Å². The van der Waals surface area contributed by atoms with Crippen LogP contribution in [-0.4, -0.2) is 14.8 Å². The van der Waals surface area contributed by atoms with Crippen molar-refractivity contribution in [3.63, 3.8) is 0 Å². The number of aromatic amines is 1. The van der Waals surface area contributed by atoms with Crippen LogP contribution in [0.15, 0.2) is 23.3 Å². The average Bonchev–Trinajstić information content (AvgIpc) is 2.52. The fraction of sp³-hybridized carbons (Fsp3) is 0.333. The summed E-state index contributed by atoms with van der Waals surface area (Å²) in [6, 6.07) is 2.05. The largest absolute Gasteiger partial charge is 0.312 e. The molecule has 0 amide bonds. The number of nitrogens with one attached hydrogen (secondary N) is 1. The van der Waals surface area contributed by atoms with E-state index in [1.807, 2.05) is 19.9 Å². The number of fused-ring (bicyclic) bond motifs is 1. The summed E-state index contributed by atoms with van der Waals surface area (Å²) in [6.07, 6.45) is 3.35. The predicted molar refractivity (Wildman–Crippen MR) is 50.7 cm³/mol. The molecule has 4 heteroatoms. The van der Waals surface area contributed by atoms with Crippen molar-refractivity contribution in [2.24, 2.45) is 0 Å². The maximum absolute atomic E-state index is 11.7. The van der Waals surface area contributed by atoms with Gasteiger partial charge in [-0.15, -0.1) is 0 Å². The molecule has 0 bridgehead atoms. The first kappa shape index (κ1) is 8.04. The molecule has 0 aliphatic rings. The molecule has 2 aromatic rings. The van der Waals surface area contributed by atoms with Gasteiger partial charge in [0.05, 0.1) is 17.1 Å². The van der Waals surface area contributed by atoms with E-state index in [0.29, 0.717) is 5.39 Å². The van der Waals surface area contributed by atoms with Gasteiger partial charge in [0.15, 0.2) is 0 Å². The molecule has 0 atom stereocenters. The summed E-state index contributed by atoms with van der Waals surface area (Å²) in [7, 11) is 0. The highest BCUT2D eigenvalue weighted by Gasteiger charge is 2.05. The van der Waals surface area contributed by atoms with Crippen molar-refractivity contribution in [3.05, 3.63) is 28.8 Å². The Hall–Kier alpha value is -1.58. The maximum Gasteiger partial charge on any atom is 0.261 e. The predicted octanol–water partition coefficient (Wildman–Crippen LogP) is 1.31. The first-order valence-corrected chi connectivity index (χ1v) is 4.24. The molecular formula is C9H11N3O. The quantitative estimate of drug-likeness (QED) is 0.713. The number of nitrogens with zero attached hydrogens (tertiary/aromatic N) is 2. The number of rotatable bonds is 1. The Morgan fingerprint density at radius 2 is 2.31 bits per heavy atom. The molecule has 0 unspecified atom stereocenters. The molecule has 1 N–H and O–H groups in total. The monoisotopic (exact) mass is 177 g/mol. The lowest BCUT2D eigenvalue weighted by molar-refractivity contribution is 0.583. The maximum atomic E-state index is 11.7. The summed E-state index contributed by atoms with van der Waals surface area (Å²) in [5.41, 5.74) is 0.808. The molecule has 0 radical (unpaired) electrons. The Kier molecular flexibility index (Phi) is 1.69. The van der Waals surface area contributed by atoms with Gasteiger partial charge in [-0.05, 0) is 19.9 Å². The second kappa shape index (κ2) is 2.73. The highest BCUT2D eigenvalue weighted by atomic mass is 16.1. The van der Waals surface area contributed by atoms with Crippen molar-refractivity contribution in [3.8, 4) is 0 Å². The molecule has 0 aromatic carbocycles. The van der Waals surface area contributed by atoms with Crippen molar-refractivity contribution < 1.29 is 0 Å². The molecule has 4 nitrogen and oxygen atoms in total. The Morgan fingerprint density at radius 3 is 3.00 bits per heavy atom. The van der Waals surface area contributed by atoms with E-state index in [4.69, 9.17) is 0 Å². The van der Waals surface area contributed by atoms with Gasteiger partial charge in [-0.1, -0.05) is 0 Å². The molecule has 0 saturated heterocycles. The molecule has 0 saturated carbocycles. The zero-order valence-corrected chi connectivity index (χ0v) is 7.61. The third-order valence-electron chi connectivity index (χ3n) is 2.09. The van der Waals surface area contributed by atoms with Crippen LogP contribution in [0.25, 0.3) is 10.9 Å². The van der Waals surface area contributed by atoms with E-state index >= 15 is 0 Å². The minimum atomic E-state index is 0.0150. The number of hydrogen-bond donors (Lipinski definition) is 1. The van der Waals surface area contributed by atoms with E-state index in [1.165, 1.54) is 0 Å². The van der Waals surface area contributed by atoms with Crippen LogP contribution in [0.2, 0.25) is 0 Å². The Labute approximate surface area is 75.2 Å². The molecule has 0 fully saturated rings. The van der Waals surface area contributed by atoms with E-state index in [0.717, 1.165) is 5.52 Å². The molecule has 0 aliphatic carbocycles. The number of aromatic nitrogens is 3. The van der Waals surface area contributed by atoms with Crippen LogP contribution in [0.3, 0.4) is 0 Å². The van der Waals surface area contributed by atoms with Crippen molar-refractivity contribution in [2.45, 2.75) is 19.9 Å². The SMILES string of the molecule is CC(C)n1ccc2[nH]ncc2c1=O. The van der Waals surface area contributed by atoms with Gasteiger partial charge in [-0.25, -0.2) is 0 Å². The van der Waals surface area contributed by atoms with E-state index in [2.05, 4.69) is 10.2 Å². The van der Waals surface area contributed by atoms with Crippen molar-refractivity contribution in [1.29, 1.82) is 0 Å². The number of pyridine rings is 1. The van der Waals surface area contributed by atoms with Gasteiger partial charge in [-0.3, -0.25) is 9.89 Å². The van der Waals surface area contributed by atoms with Crippen LogP contribution in [0.5, 0.6) is 0 Å². The third-order valence-corrected chi connectivity index (χ3v) is 2.09. The second-order valence-corrected chi connectivity index (χ2v) is 3.32. The molecule has 13 heavy (non-hydrogen) atoms. The summed E-state index contributed by atoms with van der Waals surface area (Å²) >= 11 is 0. The van der Waals surface area contributed by atoms with Crippen molar-refractivity contribution in [2.75, 3.05) is 0 Å². The van der Waals surface area contributed by atoms with Crippen LogP contribution < -0.4 is 5.56 Å². The van der Waals surface area contributed by atoms with E-state index < -0.39 is 0 Å². The van der Waals surface area contributed by atoms with Gasteiger partial charge in [0.2, 0.25) is 0 Å². The lowest BCUT2D eigenvalue weighted by Gasteiger charge is -2.08. The Morgan fingerprint density at radius 1 is 1.54 bits per heavy atom. The van der Waals surface area contributed by atoms with Gasteiger partial charge in [-0.2, -0.15) is 5.10 Å². The average molecular weight is 177 g/mol. The molecule has 2 aromatic heterocycles. The topological polar surface area (TPSA) is 50.7 Å². The zero-order chi connectivity index (χ0) is 9.42. The Balaban J connectivity index is 2.81. The van der Waals surface area contributed by atoms with Crippen LogP contribution in [-0.2, 0) is 0 Å². The Bertz CT molecular complexity index is 481. The highest BCUT2D eigenvalue weighted by Crippen LogP contribution is 2.06. The summed E-state index contributed by atoms with van der Waals surface area (Å²) in [5.74, 6) is 0. The molecule has 0 spiro atoms. The fourth-order valence-corrected chi connectivity index (χ4v) is 1.36. The van der Waals surface area contributed by atoms with Crippen LogP contribution >= 0.6 is 0 Å². The fourth-order valence-electron chi connectivity index (χ4n) is 1.36. The van der Waals surface area contributed by atoms with Crippen LogP contribution in [0, 0.1) is 0 Å². The van der Waals surface area contributed by atoms with Crippen molar-refractivity contribution in [1.82, 2.24) is 14.8 Å². The third kappa shape index (κ3) is 1.14. The number of hydrogen-bond acceptors (Lipinski definition) is 2. The first-order valence-electron chi connectivity index (χ1n) is 4.24. The summed E-state index contributed by atoms with van der Waals surface area (Å²) in [4.78, 5) is 11.7. The molecule has 0 aliphatic heterocycles. The molecule has 2 heterocycles. The van der Waals surface area contributed by atoms with Gasteiger partial charge in [0, 0.05) is 12.2 Å². The standard InChI is InChI=1S/C9H11N3O/c1-6(2)12-4-3-8-7(9(12)13)5-10-11-8/h3-6H,1-2H3,(H,10,11). The summed E-state index contributed by atoms with van der Waals surface area (Å²) < 4.78 is 1.69. The summed E-state index contributed by atoms with van der Waals surface area (Å²) in [5, 5.41) is 7.24. The van der Waals surface area contributed by atoms with Gasteiger partial charge in [0.25, 0.3) is 5.56 Å². The molecule has 2 rings (SSSR count). The summed E-state index contributed by atoms with van der Waals surface area (Å²) in [6.45, 7) is 3.96. The highest BCUT2D eigenvalue weighted by molar-refractivity contribution is 5.76. The number of H-pyrrole nitrogens is 1.